The number of amides is 1. The molecule has 0 saturated carbocycles. The van der Waals surface area contributed by atoms with E-state index in [-0.39, 0.29) is 11.7 Å². The monoisotopic (exact) mass is 467 g/mol. The number of aryl methyl sites for hydroxylation is 1. The molecule has 0 N–H and O–H groups in total. The van der Waals surface area contributed by atoms with Gasteiger partial charge >= 0.3 is 0 Å². The molecule has 174 valence electrons. The maximum absolute atomic E-state index is 12.8. The van der Waals surface area contributed by atoms with Crippen molar-refractivity contribution in [1.29, 1.82) is 0 Å². The van der Waals surface area contributed by atoms with E-state index in [1.54, 1.807) is 19.2 Å². The van der Waals surface area contributed by atoms with Crippen molar-refractivity contribution in [3.05, 3.63) is 64.3 Å². The molecule has 1 amide bonds. The fraction of sp³-hybridized carbons (Fsp3) is 0.423. The van der Waals surface area contributed by atoms with Crippen LogP contribution in [0.4, 0.5) is 0 Å². The molecule has 1 aliphatic heterocycles. The predicted molar refractivity (Wildman–Crippen MR) is 130 cm³/mol. The summed E-state index contributed by atoms with van der Waals surface area (Å²) in [6.45, 7) is 4.86. The standard InChI is InChI=1S/C26H30ClN3O3/c1-18-22(25(31)7-4-14-33-2)8-9-24-23(18)17-30(28-24)16-19-10-12-29(13-11-19)26(32)20-5-3-6-21(27)15-20/h3,5-6,8-9,15,17,19H,4,7,10-14,16H2,1-2H3. The zero-order valence-electron chi connectivity index (χ0n) is 19.2. The summed E-state index contributed by atoms with van der Waals surface area (Å²) in [6.07, 6.45) is 5.14. The Balaban J connectivity index is 1.38. The van der Waals surface area contributed by atoms with Gasteiger partial charge in [-0.2, -0.15) is 5.10 Å². The van der Waals surface area contributed by atoms with Crippen molar-refractivity contribution in [3.63, 3.8) is 0 Å². The van der Waals surface area contributed by atoms with Crippen LogP contribution in [0.3, 0.4) is 0 Å². The molecule has 1 aliphatic rings. The SMILES string of the molecule is COCCCC(=O)c1ccc2nn(CC3CCN(C(=O)c4cccc(Cl)c4)CC3)cc2c1C. The molecule has 33 heavy (non-hydrogen) atoms. The van der Waals surface area contributed by atoms with E-state index in [0.717, 1.165) is 60.9 Å². The molecule has 2 heterocycles. The zero-order chi connectivity index (χ0) is 23.4. The number of ether oxygens (including phenoxy) is 1. The summed E-state index contributed by atoms with van der Waals surface area (Å²) in [5, 5.41) is 6.35. The van der Waals surface area contributed by atoms with Gasteiger partial charge in [0.05, 0.1) is 5.52 Å². The van der Waals surface area contributed by atoms with Crippen molar-refractivity contribution in [2.24, 2.45) is 5.92 Å². The van der Waals surface area contributed by atoms with Gasteiger partial charge in [0.2, 0.25) is 0 Å². The minimum atomic E-state index is 0.0408. The van der Waals surface area contributed by atoms with E-state index in [1.807, 2.05) is 40.8 Å². The summed E-state index contributed by atoms with van der Waals surface area (Å²) in [5.74, 6) is 0.646. The molecule has 2 aromatic carbocycles. The number of carbonyl (C=O) groups is 2. The minimum absolute atomic E-state index is 0.0408. The van der Waals surface area contributed by atoms with Crippen molar-refractivity contribution < 1.29 is 14.3 Å². The summed E-state index contributed by atoms with van der Waals surface area (Å²) >= 11 is 6.04. The summed E-state index contributed by atoms with van der Waals surface area (Å²) in [7, 11) is 1.65. The second-order valence-electron chi connectivity index (χ2n) is 8.79. The molecule has 0 atom stereocenters. The van der Waals surface area contributed by atoms with Gasteiger partial charge in [-0.3, -0.25) is 14.3 Å². The van der Waals surface area contributed by atoms with Crippen LogP contribution in [0.15, 0.2) is 42.6 Å². The number of benzene rings is 2. The lowest BCUT2D eigenvalue weighted by Gasteiger charge is -2.32. The third-order valence-corrected chi connectivity index (χ3v) is 6.71. The maximum atomic E-state index is 12.8. The van der Waals surface area contributed by atoms with E-state index in [9.17, 15) is 9.59 Å². The van der Waals surface area contributed by atoms with Crippen LogP contribution >= 0.6 is 11.6 Å². The van der Waals surface area contributed by atoms with Gasteiger partial charge in [-0.25, -0.2) is 0 Å². The fourth-order valence-electron chi connectivity index (χ4n) is 4.58. The van der Waals surface area contributed by atoms with Crippen molar-refractivity contribution in [1.82, 2.24) is 14.7 Å². The average molecular weight is 468 g/mol. The second kappa shape index (κ2) is 10.5. The van der Waals surface area contributed by atoms with Crippen molar-refractivity contribution in [3.8, 4) is 0 Å². The van der Waals surface area contributed by atoms with Crippen molar-refractivity contribution in [2.45, 2.75) is 39.2 Å². The average Bonchev–Trinajstić information content (AvgIpc) is 3.23. The number of ketones is 1. The number of rotatable bonds is 8. The first-order valence-corrected chi connectivity index (χ1v) is 11.9. The molecule has 3 aromatic rings. The van der Waals surface area contributed by atoms with Crippen LogP contribution < -0.4 is 0 Å². The van der Waals surface area contributed by atoms with E-state index < -0.39 is 0 Å². The molecule has 0 bridgehead atoms. The van der Waals surface area contributed by atoms with Gasteiger partial charge < -0.3 is 9.64 Å². The molecular weight excluding hydrogens is 438 g/mol. The van der Waals surface area contributed by atoms with Gasteiger partial charge in [0, 0.05) is 67.5 Å². The normalized spacial score (nSPS) is 14.7. The van der Waals surface area contributed by atoms with Crippen LogP contribution in [0.1, 0.15) is 52.0 Å². The van der Waals surface area contributed by atoms with Crippen LogP contribution in [-0.2, 0) is 11.3 Å². The van der Waals surface area contributed by atoms with Gasteiger partial charge in [-0.1, -0.05) is 17.7 Å². The number of halogens is 1. The highest BCUT2D eigenvalue weighted by Gasteiger charge is 2.24. The molecule has 0 radical (unpaired) electrons. The molecule has 1 aromatic heterocycles. The highest BCUT2D eigenvalue weighted by molar-refractivity contribution is 6.30. The number of carbonyl (C=O) groups excluding carboxylic acids is 2. The molecule has 0 aliphatic carbocycles. The molecule has 7 heteroatoms. The quantitative estimate of drug-likeness (QED) is 0.339. The van der Waals surface area contributed by atoms with Crippen LogP contribution in [0.5, 0.6) is 0 Å². The van der Waals surface area contributed by atoms with E-state index in [2.05, 4.69) is 6.20 Å². The Labute approximate surface area is 199 Å². The van der Waals surface area contributed by atoms with Crippen LogP contribution in [0, 0.1) is 12.8 Å². The van der Waals surface area contributed by atoms with Crippen LogP contribution in [0.2, 0.25) is 5.02 Å². The summed E-state index contributed by atoms with van der Waals surface area (Å²) < 4.78 is 7.05. The van der Waals surface area contributed by atoms with Crippen molar-refractivity contribution >= 4 is 34.2 Å². The van der Waals surface area contributed by atoms with E-state index in [1.165, 1.54) is 0 Å². The minimum Gasteiger partial charge on any atom is -0.385 e. The number of aromatic nitrogens is 2. The van der Waals surface area contributed by atoms with E-state index in [4.69, 9.17) is 21.4 Å². The topological polar surface area (TPSA) is 64.4 Å². The Hall–Kier alpha value is -2.70. The third-order valence-electron chi connectivity index (χ3n) is 6.48. The molecule has 6 nitrogen and oxygen atoms in total. The number of Topliss-reactive ketones (excluding diaryl/α,β-unsaturated/α-hetero) is 1. The number of piperidine rings is 1. The highest BCUT2D eigenvalue weighted by atomic mass is 35.5. The van der Waals surface area contributed by atoms with Crippen molar-refractivity contribution in [2.75, 3.05) is 26.8 Å². The Morgan fingerprint density at radius 1 is 1.18 bits per heavy atom. The Morgan fingerprint density at radius 3 is 2.70 bits per heavy atom. The molecular formula is C26H30ClN3O3. The number of likely N-dealkylation sites (tertiary alicyclic amines) is 1. The third kappa shape index (κ3) is 5.45. The van der Waals surface area contributed by atoms with Gasteiger partial charge in [0.25, 0.3) is 5.91 Å². The summed E-state index contributed by atoms with van der Waals surface area (Å²) in [4.78, 5) is 27.3. The lowest BCUT2D eigenvalue weighted by atomic mass is 9.96. The van der Waals surface area contributed by atoms with Gasteiger partial charge in [-0.15, -0.1) is 0 Å². The number of hydrogen-bond donors (Lipinski definition) is 0. The fourth-order valence-corrected chi connectivity index (χ4v) is 4.77. The number of hydrogen-bond acceptors (Lipinski definition) is 4. The van der Waals surface area contributed by atoms with Gasteiger partial charge in [0.15, 0.2) is 5.78 Å². The first kappa shape index (κ1) is 23.5. The number of nitrogens with zero attached hydrogens (tertiary/aromatic N) is 3. The Morgan fingerprint density at radius 2 is 1.97 bits per heavy atom. The van der Waals surface area contributed by atoms with Gasteiger partial charge in [0.1, 0.15) is 0 Å². The number of fused-ring (bicyclic) bond motifs is 1. The molecule has 0 unspecified atom stereocenters. The number of methoxy groups -OCH3 is 1. The smallest absolute Gasteiger partial charge is 0.253 e. The Kier molecular flexibility index (Phi) is 7.46. The second-order valence-corrected chi connectivity index (χ2v) is 9.22. The zero-order valence-corrected chi connectivity index (χ0v) is 20.0. The van der Waals surface area contributed by atoms with Crippen LogP contribution in [-0.4, -0.2) is 53.2 Å². The first-order valence-electron chi connectivity index (χ1n) is 11.5. The summed E-state index contributed by atoms with van der Waals surface area (Å²) in [5.41, 5.74) is 3.31. The summed E-state index contributed by atoms with van der Waals surface area (Å²) in [6, 6.07) is 11.0. The molecule has 1 saturated heterocycles. The Bertz CT molecular complexity index is 1150. The largest absolute Gasteiger partial charge is 0.385 e. The lowest BCUT2D eigenvalue weighted by molar-refractivity contribution is 0.0681. The van der Waals surface area contributed by atoms with E-state index >= 15 is 0 Å². The molecule has 1 fully saturated rings. The molecule has 4 rings (SSSR count). The van der Waals surface area contributed by atoms with E-state index in [0.29, 0.717) is 29.5 Å². The van der Waals surface area contributed by atoms with Crippen LogP contribution in [0.25, 0.3) is 10.9 Å². The maximum Gasteiger partial charge on any atom is 0.253 e. The van der Waals surface area contributed by atoms with Gasteiger partial charge in [-0.05, 0) is 68.0 Å². The lowest BCUT2D eigenvalue weighted by Crippen LogP contribution is -2.39. The highest BCUT2D eigenvalue weighted by Crippen LogP contribution is 2.25. The molecule has 0 spiro atoms. The first-order chi connectivity index (χ1) is 16.0. The predicted octanol–water partition coefficient (Wildman–Crippen LogP) is 5.16.